The molecular formula is C27H45N3O5. The number of nitrogens with one attached hydrogen (secondary N) is 2. The summed E-state index contributed by atoms with van der Waals surface area (Å²) in [4.78, 5) is 41.3. The van der Waals surface area contributed by atoms with Crippen molar-refractivity contribution in [2.45, 2.75) is 105 Å². The van der Waals surface area contributed by atoms with Crippen LogP contribution in [0.2, 0.25) is 0 Å². The Morgan fingerprint density at radius 2 is 1.66 bits per heavy atom. The zero-order chi connectivity index (χ0) is 26.8. The molecule has 0 radical (unpaired) electrons. The lowest BCUT2D eigenvalue weighted by atomic mass is 9.93. The molecule has 198 valence electrons. The summed E-state index contributed by atoms with van der Waals surface area (Å²) in [5, 5.41) is 15.6. The molecule has 0 spiro atoms. The summed E-state index contributed by atoms with van der Waals surface area (Å²) in [5.74, 6) is -0.806. The first-order valence-electron chi connectivity index (χ1n) is 12.6. The van der Waals surface area contributed by atoms with E-state index in [-0.39, 0.29) is 11.9 Å². The predicted octanol–water partition coefficient (Wildman–Crippen LogP) is 4.16. The van der Waals surface area contributed by atoms with E-state index in [1.807, 2.05) is 45.9 Å². The molecule has 0 bridgehead atoms. The van der Waals surface area contributed by atoms with Gasteiger partial charge in [0.15, 0.2) is 0 Å². The van der Waals surface area contributed by atoms with Crippen molar-refractivity contribution >= 4 is 17.9 Å². The minimum atomic E-state index is -1.24. The molecule has 0 aliphatic carbocycles. The number of benzene rings is 1. The first kappa shape index (κ1) is 30.4. The lowest BCUT2D eigenvalue weighted by Gasteiger charge is -2.36. The van der Waals surface area contributed by atoms with E-state index in [0.717, 1.165) is 36.0 Å². The second-order valence-corrected chi connectivity index (χ2v) is 10.2. The van der Waals surface area contributed by atoms with Gasteiger partial charge in [0.1, 0.15) is 17.7 Å². The van der Waals surface area contributed by atoms with Gasteiger partial charge in [-0.05, 0) is 71.1 Å². The van der Waals surface area contributed by atoms with Crippen molar-refractivity contribution in [1.29, 1.82) is 0 Å². The number of amides is 3. The van der Waals surface area contributed by atoms with E-state index in [0.29, 0.717) is 13.0 Å². The lowest BCUT2D eigenvalue weighted by molar-refractivity contribution is -0.143. The molecule has 1 aromatic carbocycles. The smallest absolute Gasteiger partial charge is 0.408 e. The molecule has 3 unspecified atom stereocenters. The van der Waals surface area contributed by atoms with E-state index in [2.05, 4.69) is 17.6 Å². The molecule has 0 heterocycles. The van der Waals surface area contributed by atoms with Crippen LogP contribution < -0.4 is 10.6 Å². The molecule has 0 aliphatic heterocycles. The van der Waals surface area contributed by atoms with Crippen LogP contribution in [0.1, 0.15) is 90.0 Å². The number of aliphatic hydroxyl groups excluding tert-OH is 1. The van der Waals surface area contributed by atoms with Crippen LogP contribution >= 0.6 is 0 Å². The number of nitrogens with zero attached hydrogens (tertiary/aromatic N) is 1. The number of carbonyl (C=O) groups is 3. The number of aliphatic hydroxyl groups is 1. The number of aryl methyl sites for hydroxylation is 2. The van der Waals surface area contributed by atoms with Gasteiger partial charge in [-0.3, -0.25) is 9.59 Å². The third kappa shape index (κ3) is 9.51. The van der Waals surface area contributed by atoms with Crippen LogP contribution in [-0.4, -0.2) is 58.8 Å². The van der Waals surface area contributed by atoms with Gasteiger partial charge < -0.3 is 25.4 Å². The fraction of sp³-hybridized carbons (Fsp3) is 0.667. The van der Waals surface area contributed by atoms with E-state index < -0.39 is 36.3 Å². The molecule has 3 amide bonds. The molecule has 0 fully saturated rings. The minimum Gasteiger partial charge on any atom is -0.444 e. The summed E-state index contributed by atoms with van der Waals surface area (Å²) in [5.41, 5.74) is 1.78. The minimum absolute atomic E-state index is 0.0593. The van der Waals surface area contributed by atoms with Crippen LogP contribution in [0.25, 0.3) is 0 Å². The van der Waals surface area contributed by atoms with Crippen LogP contribution in [0.15, 0.2) is 18.2 Å². The van der Waals surface area contributed by atoms with Gasteiger partial charge in [0.05, 0.1) is 6.61 Å². The normalized spacial score (nSPS) is 14.0. The summed E-state index contributed by atoms with van der Waals surface area (Å²) in [6.07, 6.45) is 2.40. The standard InChI is InChI=1S/C27H45N3O5/c1-9-11-16-30(25(33)21(17-31)29-26(34)35-27(6,7)8)23(24(32)28-20(5)13-10-2)22-18(3)14-12-15-19(22)4/h12,14-15,20-21,23,31H,9-11,13,16-17H2,1-8H3,(H,28,32)(H,29,34). The average Bonchev–Trinajstić information content (AvgIpc) is 2.74. The summed E-state index contributed by atoms with van der Waals surface area (Å²) in [6.45, 7) is 14.7. The number of carbonyl (C=O) groups excluding carboxylic acids is 3. The van der Waals surface area contributed by atoms with Crippen molar-refractivity contribution in [3.63, 3.8) is 0 Å². The van der Waals surface area contributed by atoms with Crippen LogP contribution in [0.4, 0.5) is 4.79 Å². The van der Waals surface area contributed by atoms with Crippen molar-refractivity contribution in [3.8, 4) is 0 Å². The van der Waals surface area contributed by atoms with Gasteiger partial charge in [0.2, 0.25) is 11.8 Å². The molecule has 1 aromatic rings. The molecule has 1 rings (SSSR count). The van der Waals surface area contributed by atoms with Gasteiger partial charge in [-0.25, -0.2) is 4.79 Å². The molecule has 0 saturated heterocycles. The maximum absolute atomic E-state index is 13.8. The Morgan fingerprint density at radius 3 is 2.14 bits per heavy atom. The summed E-state index contributed by atoms with van der Waals surface area (Å²) >= 11 is 0. The molecule has 8 nitrogen and oxygen atoms in total. The molecular weight excluding hydrogens is 446 g/mol. The highest BCUT2D eigenvalue weighted by Gasteiger charge is 2.37. The van der Waals surface area contributed by atoms with E-state index in [4.69, 9.17) is 4.74 Å². The van der Waals surface area contributed by atoms with Crippen molar-refractivity contribution in [2.24, 2.45) is 0 Å². The Balaban J connectivity index is 3.47. The highest BCUT2D eigenvalue weighted by atomic mass is 16.6. The first-order chi connectivity index (χ1) is 16.4. The zero-order valence-electron chi connectivity index (χ0n) is 22.7. The van der Waals surface area contributed by atoms with Crippen molar-refractivity contribution in [1.82, 2.24) is 15.5 Å². The van der Waals surface area contributed by atoms with E-state index >= 15 is 0 Å². The van der Waals surface area contributed by atoms with Crippen molar-refractivity contribution in [3.05, 3.63) is 34.9 Å². The molecule has 3 N–H and O–H groups in total. The Morgan fingerprint density at radius 1 is 1.06 bits per heavy atom. The number of alkyl carbamates (subject to hydrolysis) is 1. The van der Waals surface area contributed by atoms with Gasteiger partial charge in [0, 0.05) is 12.6 Å². The Hall–Kier alpha value is -2.61. The number of hydrogen-bond acceptors (Lipinski definition) is 5. The van der Waals surface area contributed by atoms with Crippen molar-refractivity contribution < 1.29 is 24.2 Å². The molecule has 35 heavy (non-hydrogen) atoms. The van der Waals surface area contributed by atoms with Gasteiger partial charge in [-0.2, -0.15) is 0 Å². The second-order valence-electron chi connectivity index (χ2n) is 10.2. The Bertz CT molecular complexity index is 829. The van der Waals surface area contributed by atoms with Crippen LogP contribution in [-0.2, 0) is 14.3 Å². The maximum Gasteiger partial charge on any atom is 0.408 e. The molecule has 3 atom stereocenters. The second kappa shape index (κ2) is 14.1. The van der Waals surface area contributed by atoms with Crippen molar-refractivity contribution in [2.75, 3.05) is 13.2 Å². The highest BCUT2D eigenvalue weighted by molar-refractivity contribution is 5.92. The van der Waals surface area contributed by atoms with E-state index in [1.165, 1.54) is 4.90 Å². The number of ether oxygens (including phenoxy) is 1. The van der Waals surface area contributed by atoms with Gasteiger partial charge >= 0.3 is 6.09 Å². The topological polar surface area (TPSA) is 108 Å². The Kier molecular flexibility index (Phi) is 12.2. The number of hydrogen-bond donors (Lipinski definition) is 3. The van der Waals surface area contributed by atoms with Crippen LogP contribution in [0.3, 0.4) is 0 Å². The Labute approximate surface area is 210 Å². The molecule has 0 aliphatic rings. The highest BCUT2D eigenvalue weighted by Crippen LogP contribution is 2.29. The van der Waals surface area contributed by atoms with Gasteiger partial charge in [-0.1, -0.05) is 44.9 Å². The average molecular weight is 492 g/mol. The zero-order valence-corrected chi connectivity index (χ0v) is 22.7. The third-order valence-electron chi connectivity index (χ3n) is 5.69. The largest absolute Gasteiger partial charge is 0.444 e. The van der Waals surface area contributed by atoms with Crippen LogP contribution in [0.5, 0.6) is 0 Å². The fourth-order valence-corrected chi connectivity index (χ4v) is 4.04. The maximum atomic E-state index is 13.8. The monoisotopic (exact) mass is 491 g/mol. The summed E-state index contributed by atoms with van der Waals surface area (Å²) in [6, 6.07) is 3.56. The van der Waals surface area contributed by atoms with Crippen LogP contribution in [0, 0.1) is 13.8 Å². The molecule has 0 saturated carbocycles. The lowest BCUT2D eigenvalue weighted by Crippen LogP contribution is -2.55. The number of rotatable bonds is 12. The SMILES string of the molecule is CCCCN(C(=O)C(CO)NC(=O)OC(C)(C)C)C(C(=O)NC(C)CCC)c1c(C)cccc1C. The van der Waals surface area contributed by atoms with Gasteiger partial charge in [-0.15, -0.1) is 0 Å². The van der Waals surface area contributed by atoms with E-state index in [9.17, 15) is 19.5 Å². The molecule has 8 heteroatoms. The first-order valence-corrected chi connectivity index (χ1v) is 12.6. The third-order valence-corrected chi connectivity index (χ3v) is 5.69. The van der Waals surface area contributed by atoms with Gasteiger partial charge in [0.25, 0.3) is 0 Å². The number of unbranched alkanes of at least 4 members (excludes halogenated alkanes) is 1. The fourth-order valence-electron chi connectivity index (χ4n) is 4.04. The quantitative estimate of drug-likeness (QED) is 0.407. The summed E-state index contributed by atoms with van der Waals surface area (Å²) in [7, 11) is 0. The van der Waals surface area contributed by atoms with E-state index in [1.54, 1.807) is 20.8 Å². The summed E-state index contributed by atoms with van der Waals surface area (Å²) < 4.78 is 5.28. The molecule has 0 aromatic heterocycles. The predicted molar refractivity (Wildman–Crippen MR) is 138 cm³/mol.